The van der Waals surface area contributed by atoms with E-state index in [1.807, 2.05) is 0 Å². The van der Waals surface area contributed by atoms with E-state index in [9.17, 15) is 27.2 Å². The Hall–Kier alpha value is -5.27. The minimum atomic E-state index is -4.71. The number of aromatic nitrogens is 3. The highest BCUT2D eigenvalue weighted by molar-refractivity contribution is 6.07. The predicted molar refractivity (Wildman–Crippen MR) is 149 cm³/mol. The molecule has 10 nitrogen and oxygen atoms in total. The van der Waals surface area contributed by atoms with Gasteiger partial charge in [-0.1, -0.05) is 24.3 Å². The average Bonchev–Trinajstić information content (AvgIpc) is 3.45. The molecule has 2 amide bonds. The maximum absolute atomic E-state index is 13.4. The third-order valence-electron chi connectivity index (χ3n) is 6.64. The van der Waals surface area contributed by atoms with Crippen LogP contribution in [-0.4, -0.2) is 51.4 Å². The Bertz CT molecular complexity index is 1620. The Kier molecular flexibility index (Phi) is 8.36. The van der Waals surface area contributed by atoms with E-state index in [-0.39, 0.29) is 41.4 Å². The molecule has 2 aromatic carbocycles. The van der Waals surface area contributed by atoms with Gasteiger partial charge in [-0.25, -0.2) is 19.3 Å². The molecule has 43 heavy (non-hydrogen) atoms. The van der Waals surface area contributed by atoms with Crippen LogP contribution >= 0.6 is 0 Å². The number of pyridine rings is 1. The van der Waals surface area contributed by atoms with Gasteiger partial charge in [0.25, 0.3) is 11.8 Å². The number of nitrogens with two attached hydrogens (primary N) is 1. The van der Waals surface area contributed by atoms with Gasteiger partial charge >= 0.3 is 6.18 Å². The summed E-state index contributed by atoms with van der Waals surface area (Å²) in [5.74, 6) is -1.15. The van der Waals surface area contributed by atoms with Crippen LogP contribution in [0.5, 0.6) is 5.88 Å². The molecule has 1 atom stereocenters. The van der Waals surface area contributed by atoms with Gasteiger partial charge in [-0.05, 0) is 35.9 Å². The Morgan fingerprint density at radius 2 is 1.84 bits per heavy atom. The number of halogens is 4. The summed E-state index contributed by atoms with van der Waals surface area (Å²) in [4.78, 5) is 38.0. The highest BCUT2D eigenvalue weighted by Gasteiger charge is 2.32. The number of rotatable bonds is 9. The van der Waals surface area contributed by atoms with Crippen molar-refractivity contribution in [3.8, 4) is 17.1 Å². The number of carbonyl (C=O) groups is 2. The van der Waals surface area contributed by atoms with Crippen molar-refractivity contribution < 1.29 is 31.9 Å². The molecule has 1 saturated heterocycles. The van der Waals surface area contributed by atoms with E-state index in [2.05, 4.69) is 25.6 Å². The van der Waals surface area contributed by atoms with E-state index < -0.39 is 23.5 Å². The van der Waals surface area contributed by atoms with Gasteiger partial charge in [0.1, 0.15) is 17.7 Å². The summed E-state index contributed by atoms with van der Waals surface area (Å²) in [5.41, 5.74) is 6.66. The molecule has 0 bridgehead atoms. The summed E-state index contributed by atoms with van der Waals surface area (Å²) in [7, 11) is 0. The van der Waals surface area contributed by atoms with Gasteiger partial charge in [0.15, 0.2) is 5.82 Å². The highest BCUT2D eigenvalue weighted by atomic mass is 19.4. The van der Waals surface area contributed by atoms with E-state index in [1.54, 1.807) is 29.2 Å². The van der Waals surface area contributed by atoms with Crippen LogP contribution in [0.1, 0.15) is 27.9 Å². The molecule has 0 radical (unpaired) electrons. The topological polar surface area (TPSA) is 135 Å². The zero-order valence-electron chi connectivity index (χ0n) is 22.4. The van der Waals surface area contributed by atoms with E-state index in [0.717, 1.165) is 24.1 Å². The lowest BCUT2D eigenvalue weighted by Gasteiger charge is -2.15. The molecule has 14 heteroatoms. The first-order valence-corrected chi connectivity index (χ1v) is 13.0. The highest BCUT2D eigenvalue weighted by Crippen LogP contribution is 2.31. The normalized spacial score (nSPS) is 14.8. The smallest absolute Gasteiger partial charge is 0.417 e. The van der Waals surface area contributed by atoms with Crippen LogP contribution in [0.15, 0.2) is 67.0 Å². The summed E-state index contributed by atoms with van der Waals surface area (Å²) < 4.78 is 59.2. The number of hydrogen-bond acceptors (Lipinski definition) is 8. The molecule has 5 rings (SSSR count). The van der Waals surface area contributed by atoms with Gasteiger partial charge in [-0.2, -0.15) is 13.2 Å². The molecule has 0 spiro atoms. The summed E-state index contributed by atoms with van der Waals surface area (Å²) in [6.07, 6.45) is -1.40. The maximum atomic E-state index is 13.4. The van der Waals surface area contributed by atoms with Gasteiger partial charge < -0.3 is 26.0 Å². The van der Waals surface area contributed by atoms with Crippen LogP contribution in [0, 0.1) is 5.82 Å². The molecular weight excluding hydrogens is 570 g/mol. The number of benzene rings is 2. The molecule has 1 aliphatic heterocycles. The molecule has 4 aromatic rings. The fraction of sp³-hybridized carbons (Fsp3) is 0.207. The van der Waals surface area contributed by atoms with Crippen molar-refractivity contribution in [1.82, 2.24) is 19.9 Å². The number of likely N-dealkylation sites (tertiary alicyclic amines) is 1. The Morgan fingerprint density at radius 1 is 1.09 bits per heavy atom. The zero-order chi connectivity index (χ0) is 30.6. The van der Waals surface area contributed by atoms with Crippen LogP contribution in [0.2, 0.25) is 0 Å². The Balaban J connectivity index is 1.29. The fourth-order valence-corrected chi connectivity index (χ4v) is 4.36. The zero-order valence-corrected chi connectivity index (χ0v) is 22.4. The molecule has 4 N–H and O–H groups in total. The average molecular weight is 596 g/mol. The van der Waals surface area contributed by atoms with Crippen molar-refractivity contribution in [3.63, 3.8) is 0 Å². The van der Waals surface area contributed by atoms with E-state index in [4.69, 9.17) is 10.5 Å². The van der Waals surface area contributed by atoms with Crippen molar-refractivity contribution in [3.05, 3.63) is 89.5 Å². The first-order chi connectivity index (χ1) is 20.6. The molecule has 3 heterocycles. The number of anilines is 3. The molecule has 222 valence electrons. The molecule has 1 unspecified atom stereocenters. The van der Waals surface area contributed by atoms with Crippen LogP contribution in [0.25, 0.3) is 11.3 Å². The number of nitrogen functional groups attached to an aromatic ring is 1. The monoisotopic (exact) mass is 595 g/mol. The van der Waals surface area contributed by atoms with Gasteiger partial charge in [0, 0.05) is 37.0 Å². The summed E-state index contributed by atoms with van der Waals surface area (Å²) in [6, 6.07) is 12.6. The maximum Gasteiger partial charge on any atom is 0.417 e. The molecule has 1 fully saturated rings. The molecule has 0 saturated carbocycles. The van der Waals surface area contributed by atoms with Gasteiger partial charge in [0.2, 0.25) is 6.41 Å². The second kappa shape index (κ2) is 12.3. The lowest BCUT2D eigenvalue weighted by Crippen LogP contribution is -2.24. The number of nitrogens with one attached hydrogen (secondary N) is 2. The Labute approximate surface area is 242 Å². The minimum Gasteiger partial charge on any atom is -0.470 e. The Morgan fingerprint density at radius 3 is 2.51 bits per heavy atom. The van der Waals surface area contributed by atoms with Gasteiger partial charge in [0.05, 0.1) is 29.6 Å². The summed E-state index contributed by atoms with van der Waals surface area (Å²) in [5, 5.41) is 5.38. The van der Waals surface area contributed by atoms with Crippen LogP contribution < -0.4 is 21.1 Å². The van der Waals surface area contributed by atoms with Crippen LogP contribution in [-0.2, 0) is 17.5 Å². The van der Waals surface area contributed by atoms with E-state index >= 15 is 0 Å². The summed E-state index contributed by atoms with van der Waals surface area (Å²) in [6.45, 7) is 1.14. The lowest BCUT2D eigenvalue weighted by atomic mass is 10.1. The molecule has 1 aliphatic rings. The number of carbonyl (C=O) groups excluding carboxylic acids is 2. The quantitative estimate of drug-likeness (QED) is 0.186. The third-order valence-corrected chi connectivity index (χ3v) is 6.64. The van der Waals surface area contributed by atoms with Crippen molar-refractivity contribution in [1.29, 1.82) is 0 Å². The van der Waals surface area contributed by atoms with Crippen molar-refractivity contribution in [2.45, 2.75) is 25.2 Å². The number of nitrogens with zero attached hydrogens (tertiary/aromatic N) is 4. The summed E-state index contributed by atoms with van der Waals surface area (Å²) >= 11 is 0. The molecular formula is C29H25F4N7O3. The lowest BCUT2D eigenvalue weighted by molar-refractivity contribution is -0.137. The second-order valence-corrected chi connectivity index (χ2v) is 9.70. The number of amides is 2. The second-order valence-electron chi connectivity index (χ2n) is 9.70. The molecule has 2 aromatic heterocycles. The standard InChI is InChI=1S/C29H25F4N7O3/c30-20-5-7-21(8-6-20)38-27(42)23-11-19(29(31,32)33)13-37-26(23)36-12-17-1-3-18(4-2-17)24-14-35-25(34)28(39-24)43-22-9-10-40(15-22)16-41/h1-8,11,13-14,16,22H,9-10,12,15H2,(H2,34,35)(H,36,37)(H,38,42). The molecule has 0 aliphatic carbocycles. The number of alkyl halides is 3. The van der Waals surface area contributed by atoms with Crippen molar-refractivity contribution in [2.75, 3.05) is 29.5 Å². The van der Waals surface area contributed by atoms with Crippen molar-refractivity contribution in [2.24, 2.45) is 0 Å². The SMILES string of the molecule is Nc1ncc(-c2ccc(CNc3ncc(C(F)(F)F)cc3C(=O)Nc3ccc(F)cc3)cc2)nc1OC1CCN(C=O)C1. The minimum absolute atomic E-state index is 0.0667. The fourth-order valence-electron chi connectivity index (χ4n) is 4.36. The first-order valence-electron chi connectivity index (χ1n) is 13.0. The third kappa shape index (κ3) is 7.15. The largest absolute Gasteiger partial charge is 0.470 e. The first kappa shape index (κ1) is 29.2. The predicted octanol–water partition coefficient (Wildman–Crippen LogP) is 4.75. The van der Waals surface area contributed by atoms with Crippen molar-refractivity contribution >= 4 is 29.6 Å². The van der Waals surface area contributed by atoms with Crippen LogP contribution in [0.4, 0.5) is 34.9 Å². The number of ether oxygens (including phenoxy) is 1. The van der Waals surface area contributed by atoms with E-state index in [1.165, 1.54) is 18.3 Å². The van der Waals surface area contributed by atoms with Gasteiger partial charge in [-0.3, -0.25) is 9.59 Å². The van der Waals surface area contributed by atoms with E-state index in [0.29, 0.717) is 43.0 Å². The van der Waals surface area contributed by atoms with Crippen LogP contribution in [0.3, 0.4) is 0 Å². The number of hydrogen-bond donors (Lipinski definition) is 3. The van der Waals surface area contributed by atoms with Gasteiger partial charge in [-0.15, -0.1) is 0 Å².